The van der Waals surface area contributed by atoms with Crippen LogP contribution >= 0.6 is 11.8 Å². The molecule has 0 aromatic carbocycles. The highest BCUT2D eigenvalue weighted by atomic mass is 32.2. The van der Waals surface area contributed by atoms with Gasteiger partial charge >= 0.3 is 0 Å². The van der Waals surface area contributed by atoms with Crippen molar-refractivity contribution in [2.45, 2.75) is 19.3 Å². The van der Waals surface area contributed by atoms with Gasteiger partial charge in [-0.25, -0.2) is 0 Å². The number of rotatable bonds is 4. The van der Waals surface area contributed by atoms with Gasteiger partial charge in [0.2, 0.25) is 5.89 Å². The van der Waals surface area contributed by atoms with Crippen LogP contribution in [-0.4, -0.2) is 33.4 Å². The SMILES string of the molecule is OCCc1nc(CC2CCSC2)no1. The van der Waals surface area contributed by atoms with Gasteiger partial charge in [-0.15, -0.1) is 0 Å². The Kier molecular flexibility index (Phi) is 3.42. The molecular weight excluding hydrogens is 200 g/mol. The maximum atomic E-state index is 8.68. The second-order valence-electron chi connectivity index (χ2n) is 3.51. The quantitative estimate of drug-likeness (QED) is 0.807. The van der Waals surface area contributed by atoms with Crippen molar-refractivity contribution in [2.24, 2.45) is 5.92 Å². The first-order valence-electron chi connectivity index (χ1n) is 4.88. The number of aromatic nitrogens is 2. The lowest BCUT2D eigenvalue weighted by Gasteiger charge is -2.01. The fraction of sp³-hybridized carbons (Fsp3) is 0.778. The van der Waals surface area contributed by atoms with Crippen LogP contribution in [0.1, 0.15) is 18.1 Å². The van der Waals surface area contributed by atoms with Crippen molar-refractivity contribution in [1.82, 2.24) is 10.1 Å². The predicted octanol–water partition coefficient (Wildman–Crippen LogP) is 0.900. The van der Waals surface area contributed by atoms with Gasteiger partial charge in [0.05, 0.1) is 13.0 Å². The number of aliphatic hydroxyl groups excluding tert-OH is 1. The van der Waals surface area contributed by atoms with E-state index in [-0.39, 0.29) is 6.61 Å². The summed E-state index contributed by atoms with van der Waals surface area (Å²) in [4.78, 5) is 4.22. The third-order valence-electron chi connectivity index (χ3n) is 2.33. The Balaban J connectivity index is 1.88. The average molecular weight is 214 g/mol. The topological polar surface area (TPSA) is 59.2 Å². The van der Waals surface area contributed by atoms with E-state index < -0.39 is 0 Å². The summed E-state index contributed by atoms with van der Waals surface area (Å²) in [5, 5.41) is 12.6. The van der Waals surface area contributed by atoms with E-state index in [9.17, 15) is 0 Å². The molecule has 14 heavy (non-hydrogen) atoms. The molecule has 1 aliphatic rings. The van der Waals surface area contributed by atoms with Crippen molar-refractivity contribution in [1.29, 1.82) is 0 Å². The Morgan fingerprint density at radius 1 is 1.57 bits per heavy atom. The number of hydrogen-bond donors (Lipinski definition) is 1. The number of nitrogens with zero attached hydrogens (tertiary/aromatic N) is 2. The zero-order valence-corrected chi connectivity index (χ0v) is 8.79. The maximum Gasteiger partial charge on any atom is 0.228 e. The molecule has 0 aliphatic carbocycles. The summed E-state index contributed by atoms with van der Waals surface area (Å²) in [6.07, 6.45) is 2.64. The lowest BCUT2D eigenvalue weighted by molar-refractivity contribution is 0.273. The molecule has 1 atom stereocenters. The van der Waals surface area contributed by atoms with Gasteiger partial charge in [0, 0.05) is 6.42 Å². The van der Waals surface area contributed by atoms with Crippen LogP contribution in [0.3, 0.4) is 0 Å². The number of thioether (sulfide) groups is 1. The lowest BCUT2D eigenvalue weighted by atomic mass is 10.1. The number of aliphatic hydroxyl groups is 1. The van der Waals surface area contributed by atoms with Crippen LogP contribution in [-0.2, 0) is 12.8 Å². The molecule has 1 N–H and O–H groups in total. The summed E-state index contributed by atoms with van der Waals surface area (Å²) in [6, 6.07) is 0. The number of hydrogen-bond acceptors (Lipinski definition) is 5. The minimum absolute atomic E-state index is 0.0704. The maximum absolute atomic E-state index is 8.68. The minimum atomic E-state index is 0.0704. The predicted molar refractivity (Wildman–Crippen MR) is 54.2 cm³/mol. The van der Waals surface area contributed by atoms with Gasteiger partial charge in [0.15, 0.2) is 5.82 Å². The first kappa shape index (κ1) is 9.98. The van der Waals surface area contributed by atoms with Gasteiger partial charge in [-0.3, -0.25) is 0 Å². The molecule has 1 aromatic rings. The third kappa shape index (κ3) is 2.48. The molecule has 1 unspecified atom stereocenters. The molecule has 5 heteroatoms. The molecule has 1 aromatic heterocycles. The zero-order chi connectivity index (χ0) is 9.80. The van der Waals surface area contributed by atoms with E-state index in [0.29, 0.717) is 18.2 Å². The first-order valence-corrected chi connectivity index (χ1v) is 6.04. The summed E-state index contributed by atoms with van der Waals surface area (Å²) >= 11 is 1.99. The van der Waals surface area contributed by atoms with Crippen molar-refractivity contribution in [3.63, 3.8) is 0 Å². The largest absolute Gasteiger partial charge is 0.396 e. The van der Waals surface area contributed by atoms with Gasteiger partial charge < -0.3 is 9.63 Å². The molecule has 1 aliphatic heterocycles. The Bertz CT molecular complexity index is 284. The second-order valence-corrected chi connectivity index (χ2v) is 4.66. The Morgan fingerprint density at radius 2 is 2.50 bits per heavy atom. The molecule has 4 nitrogen and oxygen atoms in total. The standard InChI is InChI=1S/C9H14N2O2S/c12-3-1-9-10-8(11-13-9)5-7-2-4-14-6-7/h7,12H,1-6H2. The van der Waals surface area contributed by atoms with Crippen LogP contribution in [0, 0.1) is 5.92 Å². The summed E-state index contributed by atoms with van der Waals surface area (Å²) in [7, 11) is 0. The zero-order valence-electron chi connectivity index (χ0n) is 7.98. The van der Waals surface area contributed by atoms with Crippen LogP contribution in [0.25, 0.3) is 0 Å². The fourth-order valence-electron chi connectivity index (χ4n) is 1.57. The van der Waals surface area contributed by atoms with E-state index in [1.807, 2.05) is 11.8 Å². The van der Waals surface area contributed by atoms with E-state index in [2.05, 4.69) is 10.1 Å². The normalized spacial score (nSPS) is 21.6. The highest BCUT2D eigenvalue weighted by molar-refractivity contribution is 7.99. The van der Waals surface area contributed by atoms with Gasteiger partial charge in [-0.1, -0.05) is 5.16 Å². The Labute approximate surface area is 87.1 Å². The van der Waals surface area contributed by atoms with E-state index in [1.54, 1.807) is 0 Å². The summed E-state index contributed by atoms with van der Waals surface area (Å²) in [6.45, 7) is 0.0704. The molecule has 2 rings (SSSR count). The van der Waals surface area contributed by atoms with Crippen LogP contribution in [0.15, 0.2) is 4.52 Å². The first-order chi connectivity index (χ1) is 6.88. The highest BCUT2D eigenvalue weighted by Crippen LogP contribution is 2.25. The summed E-state index contributed by atoms with van der Waals surface area (Å²) < 4.78 is 4.99. The molecule has 0 bridgehead atoms. The van der Waals surface area contributed by atoms with Crippen LogP contribution < -0.4 is 0 Å². The van der Waals surface area contributed by atoms with Crippen molar-refractivity contribution in [2.75, 3.05) is 18.1 Å². The highest BCUT2D eigenvalue weighted by Gasteiger charge is 2.18. The summed E-state index contributed by atoms with van der Waals surface area (Å²) in [5.41, 5.74) is 0. The molecule has 0 amide bonds. The molecule has 1 saturated heterocycles. The molecular formula is C9H14N2O2S. The fourth-order valence-corrected chi connectivity index (χ4v) is 2.86. The second kappa shape index (κ2) is 4.79. The molecule has 0 radical (unpaired) electrons. The third-order valence-corrected chi connectivity index (χ3v) is 3.56. The molecule has 0 spiro atoms. The van der Waals surface area contributed by atoms with E-state index in [0.717, 1.165) is 12.2 Å². The van der Waals surface area contributed by atoms with Crippen molar-refractivity contribution in [3.05, 3.63) is 11.7 Å². The van der Waals surface area contributed by atoms with E-state index in [1.165, 1.54) is 17.9 Å². The van der Waals surface area contributed by atoms with Crippen LogP contribution in [0.5, 0.6) is 0 Å². The van der Waals surface area contributed by atoms with Crippen molar-refractivity contribution in [3.8, 4) is 0 Å². The van der Waals surface area contributed by atoms with Crippen LogP contribution in [0.4, 0.5) is 0 Å². The molecule has 2 heterocycles. The Hall–Kier alpha value is -0.550. The van der Waals surface area contributed by atoms with Gasteiger partial charge in [0.25, 0.3) is 0 Å². The average Bonchev–Trinajstić information content (AvgIpc) is 2.79. The lowest BCUT2D eigenvalue weighted by Crippen LogP contribution is -2.04. The Morgan fingerprint density at radius 3 is 3.21 bits per heavy atom. The van der Waals surface area contributed by atoms with E-state index in [4.69, 9.17) is 9.63 Å². The van der Waals surface area contributed by atoms with Gasteiger partial charge in [-0.05, 0) is 23.8 Å². The van der Waals surface area contributed by atoms with Gasteiger partial charge in [0.1, 0.15) is 0 Å². The van der Waals surface area contributed by atoms with Crippen molar-refractivity contribution < 1.29 is 9.63 Å². The van der Waals surface area contributed by atoms with Crippen molar-refractivity contribution >= 4 is 11.8 Å². The molecule has 1 fully saturated rings. The molecule has 0 saturated carbocycles. The smallest absolute Gasteiger partial charge is 0.228 e. The van der Waals surface area contributed by atoms with Gasteiger partial charge in [-0.2, -0.15) is 16.7 Å². The minimum Gasteiger partial charge on any atom is -0.396 e. The van der Waals surface area contributed by atoms with Crippen LogP contribution in [0.2, 0.25) is 0 Å². The summed E-state index contributed by atoms with van der Waals surface area (Å²) in [5.74, 6) is 4.52. The molecule has 78 valence electrons. The van der Waals surface area contributed by atoms with E-state index >= 15 is 0 Å². The monoisotopic (exact) mass is 214 g/mol.